The Morgan fingerprint density at radius 3 is 2.26 bits per heavy atom. The second-order valence-corrected chi connectivity index (χ2v) is 18.9. The van der Waals surface area contributed by atoms with Crippen molar-refractivity contribution in [2.75, 3.05) is 0 Å². The molecule has 124 valence electrons. The summed E-state index contributed by atoms with van der Waals surface area (Å²) in [5.41, 5.74) is 6.97. The van der Waals surface area contributed by atoms with E-state index in [0.29, 0.717) is 5.92 Å². The van der Waals surface area contributed by atoms with Gasteiger partial charge in [-0.1, -0.05) is 0 Å². The molecule has 2 heteroatoms. The van der Waals surface area contributed by atoms with Crippen molar-refractivity contribution in [1.29, 1.82) is 0 Å². The first-order valence-corrected chi connectivity index (χ1v) is 16.0. The first-order chi connectivity index (χ1) is 10.6. The number of nitrogens with zero attached hydrogens (tertiary/aromatic N) is 1. The monoisotopic (exact) mass is 372 g/mol. The van der Waals surface area contributed by atoms with Crippen LogP contribution in [0.25, 0.3) is 11.3 Å². The summed E-state index contributed by atoms with van der Waals surface area (Å²) in [4.78, 5) is 0. The maximum absolute atomic E-state index is 2.51. The summed E-state index contributed by atoms with van der Waals surface area (Å²) in [6, 6.07) is 9.27. The second-order valence-electron chi connectivity index (χ2n) is 8.37. The Morgan fingerprint density at radius 1 is 1.04 bits per heavy atom. The van der Waals surface area contributed by atoms with Crippen molar-refractivity contribution in [3.63, 3.8) is 0 Å². The maximum atomic E-state index is 2.51. The zero-order chi connectivity index (χ0) is 17.4. The molecule has 0 radical (unpaired) electrons. The van der Waals surface area contributed by atoms with Gasteiger partial charge in [0.1, 0.15) is 0 Å². The minimum atomic E-state index is -1.91. The molecular formula is C21H32GeN+. The SMILES string of the molecule is Cc1ccc(C)c(-c2c[c]([Ge]([CH3])([CH3])[CH3])c(CC(C)C)c[n+]2C)c1. The van der Waals surface area contributed by atoms with Crippen LogP contribution >= 0.6 is 0 Å². The van der Waals surface area contributed by atoms with Gasteiger partial charge < -0.3 is 0 Å². The van der Waals surface area contributed by atoms with Crippen molar-refractivity contribution in [3.05, 3.63) is 47.2 Å². The van der Waals surface area contributed by atoms with Crippen molar-refractivity contribution >= 4 is 17.7 Å². The number of hydrogen-bond acceptors (Lipinski definition) is 0. The summed E-state index contributed by atoms with van der Waals surface area (Å²) >= 11 is -1.91. The Labute approximate surface area is 145 Å². The van der Waals surface area contributed by atoms with E-state index in [2.05, 4.69) is 87.0 Å². The summed E-state index contributed by atoms with van der Waals surface area (Å²) in [5.74, 6) is 8.22. The zero-order valence-corrected chi connectivity index (χ0v) is 18.2. The fourth-order valence-electron chi connectivity index (χ4n) is 3.28. The molecule has 1 nitrogen and oxygen atoms in total. The van der Waals surface area contributed by atoms with E-state index in [0.717, 1.165) is 0 Å². The number of aryl methyl sites for hydroxylation is 3. The van der Waals surface area contributed by atoms with Gasteiger partial charge >= 0.3 is 145 Å². The summed E-state index contributed by atoms with van der Waals surface area (Å²) in [7, 11) is 2.19. The van der Waals surface area contributed by atoms with Crippen LogP contribution in [0.1, 0.15) is 30.5 Å². The molecule has 1 heterocycles. The topological polar surface area (TPSA) is 3.88 Å². The van der Waals surface area contributed by atoms with Crippen molar-refractivity contribution in [3.8, 4) is 11.3 Å². The number of aromatic nitrogens is 1. The van der Waals surface area contributed by atoms with Crippen molar-refractivity contribution in [2.45, 2.75) is 51.4 Å². The van der Waals surface area contributed by atoms with E-state index in [1.165, 1.54) is 28.8 Å². The minimum absolute atomic E-state index is 0.699. The molecule has 2 aromatic rings. The predicted octanol–water partition coefficient (Wildman–Crippen LogP) is 4.54. The predicted molar refractivity (Wildman–Crippen MR) is 104 cm³/mol. The van der Waals surface area contributed by atoms with Crippen LogP contribution in [0, 0.1) is 19.8 Å². The molecule has 0 unspecified atom stereocenters. The Kier molecular flexibility index (Phi) is 5.40. The number of benzene rings is 1. The van der Waals surface area contributed by atoms with Gasteiger partial charge in [-0.3, -0.25) is 0 Å². The molecule has 0 N–H and O–H groups in total. The first kappa shape index (κ1) is 18.3. The quantitative estimate of drug-likeness (QED) is 0.549. The molecule has 2 rings (SSSR count). The second kappa shape index (κ2) is 6.80. The zero-order valence-electron chi connectivity index (χ0n) is 16.1. The van der Waals surface area contributed by atoms with Gasteiger partial charge in [0.15, 0.2) is 0 Å². The summed E-state index contributed by atoms with van der Waals surface area (Å²) in [6.07, 6.45) is 3.57. The third-order valence-corrected chi connectivity index (χ3v) is 8.83. The van der Waals surface area contributed by atoms with E-state index in [1.807, 2.05) is 0 Å². The molecule has 0 bridgehead atoms. The normalized spacial score (nSPS) is 12.0. The standard InChI is InChI=1S/C21H32GeN/c1-15(2)11-18-14-23(8)21(13-20(18)22(5,6)7)19-12-16(3)9-10-17(19)4/h9-10,12-15H,11H2,1-8H3/q+1. The van der Waals surface area contributed by atoms with E-state index < -0.39 is 13.3 Å². The molecule has 0 aliphatic rings. The fourth-order valence-corrected chi connectivity index (χ4v) is 6.85. The van der Waals surface area contributed by atoms with Crippen LogP contribution in [0.5, 0.6) is 0 Å². The molecule has 0 amide bonds. The van der Waals surface area contributed by atoms with Gasteiger partial charge in [0.2, 0.25) is 0 Å². The van der Waals surface area contributed by atoms with E-state index >= 15 is 0 Å². The Balaban J connectivity index is 2.69. The van der Waals surface area contributed by atoms with Gasteiger partial charge in [-0.05, 0) is 0 Å². The Morgan fingerprint density at radius 2 is 1.70 bits per heavy atom. The number of pyridine rings is 1. The molecule has 0 saturated heterocycles. The third-order valence-electron chi connectivity index (χ3n) is 4.46. The van der Waals surface area contributed by atoms with Crippen molar-refractivity contribution in [2.24, 2.45) is 13.0 Å². The molecule has 23 heavy (non-hydrogen) atoms. The van der Waals surface area contributed by atoms with Gasteiger partial charge in [-0.25, -0.2) is 0 Å². The van der Waals surface area contributed by atoms with Gasteiger partial charge in [0, 0.05) is 0 Å². The summed E-state index contributed by atoms with van der Waals surface area (Å²) in [6.45, 7) is 9.03. The molecule has 0 aliphatic heterocycles. The van der Waals surface area contributed by atoms with Gasteiger partial charge in [0.05, 0.1) is 0 Å². The summed E-state index contributed by atoms with van der Waals surface area (Å²) < 4.78 is 3.99. The average Bonchev–Trinajstić information content (AvgIpc) is 2.40. The average molecular weight is 371 g/mol. The third kappa shape index (κ3) is 4.26. The molecule has 0 spiro atoms. The molecule has 1 aromatic heterocycles. The Bertz CT molecular complexity index is 709. The molecule has 1 aromatic carbocycles. The Hall–Kier alpha value is -1.09. The van der Waals surface area contributed by atoms with E-state index in [-0.39, 0.29) is 0 Å². The van der Waals surface area contributed by atoms with Crippen LogP contribution < -0.4 is 8.96 Å². The van der Waals surface area contributed by atoms with Crippen LogP contribution in [0.15, 0.2) is 30.5 Å². The van der Waals surface area contributed by atoms with Gasteiger partial charge in [-0.15, -0.1) is 0 Å². The van der Waals surface area contributed by atoms with Crippen LogP contribution in [0.4, 0.5) is 0 Å². The summed E-state index contributed by atoms with van der Waals surface area (Å²) in [5, 5.41) is 0. The van der Waals surface area contributed by atoms with Gasteiger partial charge in [-0.2, -0.15) is 0 Å². The van der Waals surface area contributed by atoms with Crippen LogP contribution in [-0.2, 0) is 13.5 Å². The number of rotatable bonds is 4. The van der Waals surface area contributed by atoms with Crippen LogP contribution in [0.2, 0.25) is 17.3 Å². The molecule has 0 saturated carbocycles. The van der Waals surface area contributed by atoms with E-state index in [9.17, 15) is 0 Å². The van der Waals surface area contributed by atoms with Gasteiger partial charge in [0.25, 0.3) is 0 Å². The molecular weight excluding hydrogens is 339 g/mol. The fraction of sp³-hybridized carbons (Fsp3) is 0.476. The van der Waals surface area contributed by atoms with E-state index in [1.54, 1.807) is 9.96 Å². The molecule has 0 aliphatic carbocycles. The molecule has 0 fully saturated rings. The van der Waals surface area contributed by atoms with E-state index in [4.69, 9.17) is 0 Å². The van der Waals surface area contributed by atoms with Crippen molar-refractivity contribution in [1.82, 2.24) is 0 Å². The first-order valence-electron chi connectivity index (χ1n) is 8.70. The van der Waals surface area contributed by atoms with Crippen LogP contribution in [0.3, 0.4) is 0 Å². The van der Waals surface area contributed by atoms with Crippen LogP contribution in [-0.4, -0.2) is 13.3 Å². The number of hydrogen-bond donors (Lipinski definition) is 0. The molecule has 0 atom stereocenters. The van der Waals surface area contributed by atoms with Crippen molar-refractivity contribution < 1.29 is 4.57 Å².